The van der Waals surface area contributed by atoms with Crippen molar-refractivity contribution in [2.24, 2.45) is 11.8 Å². The van der Waals surface area contributed by atoms with E-state index in [2.05, 4.69) is 5.32 Å². The molecule has 2 saturated carbocycles. The molecule has 10 nitrogen and oxygen atoms in total. The topological polar surface area (TPSA) is 127 Å². The number of rotatable bonds is 2. The van der Waals surface area contributed by atoms with E-state index in [9.17, 15) is 24.3 Å². The van der Waals surface area contributed by atoms with Gasteiger partial charge in [0.15, 0.2) is 5.88 Å². The lowest BCUT2D eigenvalue weighted by molar-refractivity contribution is -0.149. The number of pyridine rings is 1. The lowest BCUT2D eigenvalue weighted by Crippen LogP contribution is -2.55. The van der Waals surface area contributed by atoms with Gasteiger partial charge < -0.3 is 24.8 Å². The summed E-state index contributed by atoms with van der Waals surface area (Å²) in [6, 6.07) is 1.57. The van der Waals surface area contributed by atoms with Crippen LogP contribution in [0, 0.1) is 11.8 Å². The Kier molecular flexibility index (Phi) is 8.52. The number of carboxylic acids is 1. The second-order valence-corrected chi connectivity index (χ2v) is 11.8. The maximum atomic E-state index is 13.9. The van der Waals surface area contributed by atoms with Gasteiger partial charge in [-0.15, -0.1) is 0 Å². The number of hydrogen-bond donors (Lipinski definition) is 2. The van der Waals surface area contributed by atoms with Gasteiger partial charge in [-0.3, -0.25) is 14.2 Å². The smallest absolute Gasteiger partial charge is 0.408 e. The van der Waals surface area contributed by atoms with Gasteiger partial charge in [0, 0.05) is 13.0 Å². The highest BCUT2D eigenvalue weighted by molar-refractivity contribution is 6.31. The first-order valence-electron chi connectivity index (χ1n) is 14.7. The molecular formula is C28H40BN3O7. The van der Waals surface area contributed by atoms with E-state index in [1.54, 1.807) is 24.5 Å². The predicted octanol–water partition coefficient (Wildman–Crippen LogP) is 1.57. The van der Waals surface area contributed by atoms with Crippen molar-refractivity contribution in [3.05, 3.63) is 22.5 Å². The first kappa shape index (κ1) is 27.6. The van der Waals surface area contributed by atoms with E-state index < -0.39 is 36.2 Å². The van der Waals surface area contributed by atoms with E-state index in [0.717, 1.165) is 70.6 Å². The van der Waals surface area contributed by atoms with Crippen molar-refractivity contribution >= 4 is 31.3 Å². The van der Waals surface area contributed by atoms with Crippen LogP contribution in [0.2, 0.25) is 0 Å². The Labute approximate surface area is 229 Å². The van der Waals surface area contributed by atoms with Crippen molar-refractivity contribution in [2.45, 2.75) is 108 Å². The van der Waals surface area contributed by atoms with E-state index in [1.165, 1.54) is 4.90 Å². The summed E-state index contributed by atoms with van der Waals surface area (Å²) in [6.45, 7) is 0.576. The fourth-order valence-corrected chi connectivity index (χ4v) is 7.01. The van der Waals surface area contributed by atoms with Crippen molar-refractivity contribution in [3.8, 4) is 5.88 Å². The molecule has 39 heavy (non-hydrogen) atoms. The van der Waals surface area contributed by atoms with E-state index in [1.807, 2.05) is 0 Å². The minimum Gasteiger partial charge on any atom is -0.480 e. The van der Waals surface area contributed by atoms with Gasteiger partial charge >= 0.3 is 12.1 Å². The van der Waals surface area contributed by atoms with Crippen molar-refractivity contribution in [1.29, 1.82) is 0 Å². The van der Waals surface area contributed by atoms with E-state index >= 15 is 0 Å². The average molecular weight is 541 g/mol. The maximum absolute atomic E-state index is 13.9. The second kappa shape index (κ2) is 12.0. The number of fused-ring (bicyclic) bond motifs is 4. The zero-order valence-electron chi connectivity index (χ0n) is 22.8. The number of nitrogens with one attached hydrogen (secondary N) is 1. The Morgan fingerprint density at radius 3 is 2.41 bits per heavy atom. The van der Waals surface area contributed by atoms with Gasteiger partial charge in [-0.2, -0.15) is 0 Å². The highest BCUT2D eigenvalue weighted by Crippen LogP contribution is 2.34. The molecule has 0 radical (unpaired) electrons. The first-order chi connectivity index (χ1) is 18.8. The molecule has 2 bridgehead atoms. The molecule has 0 aromatic carbocycles. The fraction of sp³-hybridized carbons (Fsp3) is 0.714. The average Bonchev–Trinajstić information content (AvgIpc) is 3.67. The Morgan fingerprint density at radius 2 is 1.64 bits per heavy atom. The highest BCUT2D eigenvalue weighted by atomic mass is 16.6. The molecule has 2 amide bonds. The summed E-state index contributed by atoms with van der Waals surface area (Å²) < 4.78 is 13.7. The predicted molar refractivity (Wildman–Crippen MR) is 146 cm³/mol. The van der Waals surface area contributed by atoms with Gasteiger partial charge in [0.25, 0.3) is 0 Å². The number of carboxylic acid groups (broad SMARTS) is 1. The van der Waals surface area contributed by atoms with E-state index in [-0.39, 0.29) is 36.5 Å². The first-order valence-corrected chi connectivity index (χ1v) is 14.7. The maximum Gasteiger partial charge on any atom is 0.408 e. The number of alkyl carbamates (subject to hydrolysis) is 1. The summed E-state index contributed by atoms with van der Waals surface area (Å²) in [6.07, 6.45) is 8.77. The fourth-order valence-electron chi connectivity index (χ4n) is 7.01. The number of ether oxygens (including phenoxy) is 2. The molecule has 1 aromatic rings. The number of carbonyl (C=O) groups excluding carboxylic acids is 2. The monoisotopic (exact) mass is 541 g/mol. The van der Waals surface area contributed by atoms with Crippen LogP contribution in [0.4, 0.5) is 4.79 Å². The van der Waals surface area contributed by atoms with Crippen LogP contribution < -0.4 is 21.1 Å². The van der Waals surface area contributed by atoms with Crippen LogP contribution in [0.3, 0.4) is 0 Å². The summed E-state index contributed by atoms with van der Waals surface area (Å²) in [5.41, 5.74) is 0.508. The van der Waals surface area contributed by atoms with Crippen LogP contribution in [0.25, 0.3) is 0 Å². The van der Waals surface area contributed by atoms with E-state index in [4.69, 9.17) is 9.47 Å². The van der Waals surface area contributed by atoms with Crippen LogP contribution in [0.5, 0.6) is 5.88 Å². The number of nitrogens with zero attached hydrogens (tertiary/aromatic N) is 2. The van der Waals surface area contributed by atoms with Crippen molar-refractivity contribution in [3.63, 3.8) is 0 Å². The van der Waals surface area contributed by atoms with Crippen LogP contribution >= 0.6 is 0 Å². The Morgan fingerprint density at radius 1 is 0.923 bits per heavy atom. The number of carbonyl (C=O) groups is 3. The SMILES string of the molecule is Bc1ccc2n(c1=O)CCCCC[C@@H]1CCC[C@H]1OC(=O)N[C@@H](C1CCCC1)C(=O)N1C[C@@H](C[C@H]1C(=O)O)O2. The molecule has 0 spiro atoms. The zero-order chi connectivity index (χ0) is 27.5. The van der Waals surface area contributed by atoms with Crippen molar-refractivity contribution in [2.75, 3.05) is 6.54 Å². The third-order valence-corrected chi connectivity index (χ3v) is 9.16. The molecule has 2 aliphatic heterocycles. The van der Waals surface area contributed by atoms with Crippen LogP contribution in [-0.2, 0) is 20.9 Å². The van der Waals surface area contributed by atoms with Gasteiger partial charge in [-0.25, -0.2) is 9.59 Å². The Balaban J connectivity index is 1.45. The quantitative estimate of drug-likeness (QED) is 0.545. The highest BCUT2D eigenvalue weighted by Gasteiger charge is 2.46. The molecule has 1 saturated heterocycles. The Bertz CT molecular complexity index is 1130. The lowest BCUT2D eigenvalue weighted by Gasteiger charge is -2.31. The molecule has 1 aromatic heterocycles. The van der Waals surface area contributed by atoms with Crippen LogP contribution in [0.15, 0.2) is 16.9 Å². The summed E-state index contributed by atoms with van der Waals surface area (Å²) in [4.78, 5) is 53.6. The standard InChI is InChI=1S/C28H40BN3O7/c29-20-12-13-23-31(25(20)33)14-5-1-2-7-17-10-6-11-22(17)39-28(37)30-24(18-8-3-4-9-18)26(34)32-16-19(38-23)15-21(32)27(35)36/h12-13,17-19,21-22,24H,1-11,14-16,29H2,(H,30,37)(H,35,36)/t17-,19-,21+,22-,24+/m1/s1. The van der Waals surface area contributed by atoms with Crippen LogP contribution in [-0.4, -0.2) is 71.2 Å². The van der Waals surface area contributed by atoms with Gasteiger partial charge in [0.1, 0.15) is 32.1 Å². The summed E-state index contributed by atoms with van der Waals surface area (Å²) >= 11 is 0. The minimum absolute atomic E-state index is 0.0632. The molecule has 212 valence electrons. The van der Waals surface area contributed by atoms with Crippen molar-refractivity contribution in [1.82, 2.24) is 14.8 Å². The molecule has 4 aliphatic rings. The minimum atomic E-state index is -1.11. The second-order valence-electron chi connectivity index (χ2n) is 11.8. The summed E-state index contributed by atoms with van der Waals surface area (Å²) in [5, 5.41) is 12.9. The largest absolute Gasteiger partial charge is 0.480 e. The molecule has 11 heteroatoms. The van der Waals surface area contributed by atoms with Gasteiger partial charge in [-0.05, 0) is 68.3 Å². The summed E-state index contributed by atoms with van der Waals surface area (Å²) in [7, 11) is 1.77. The number of aliphatic carboxylic acids is 1. The number of amides is 2. The third kappa shape index (κ3) is 6.12. The molecule has 5 atom stereocenters. The number of aromatic nitrogens is 1. The molecule has 5 rings (SSSR count). The van der Waals surface area contributed by atoms with Gasteiger partial charge in [0.2, 0.25) is 11.5 Å². The van der Waals surface area contributed by atoms with Crippen LogP contribution in [0.1, 0.15) is 77.0 Å². The normalized spacial score (nSPS) is 30.9. The van der Waals surface area contributed by atoms with Gasteiger partial charge in [0.05, 0.1) is 6.54 Å². The molecule has 3 heterocycles. The zero-order valence-corrected chi connectivity index (χ0v) is 22.8. The summed E-state index contributed by atoms with van der Waals surface area (Å²) in [5.74, 6) is -0.885. The third-order valence-electron chi connectivity index (χ3n) is 9.16. The molecular weight excluding hydrogens is 501 g/mol. The Hall–Kier alpha value is -2.98. The molecule has 0 unspecified atom stereocenters. The molecule has 2 aliphatic carbocycles. The van der Waals surface area contributed by atoms with E-state index in [0.29, 0.717) is 17.9 Å². The molecule has 3 fully saturated rings. The molecule has 2 N–H and O–H groups in total. The lowest BCUT2D eigenvalue weighted by atomic mass is 9.96. The van der Waals surface area contributed by atoms with Gasteiger partial charge in [-0.1, -0.05) is 31.7 Å². The van der Waals surface area contributed by atoms with Crippen molar-refractivity contribution < 1.29 is 29.0 Å². The number of hydrogen-bond acceptors (Lipinski definition) is 6.